The summed E-state index contributed by atoms with van der Waals surface area (Å²) in [5, 5.41) is 2.94. The first-order valence-corrected chi connectivity index (χ1v) is 6.79. The van der Waals surface area contributed by atoms with E-state index in [4.69, 9.17) is 0 Å². The average Bonchev–Trinajstić information content (AvgIpc) is 3.16. The maximum atomic E-state index is 12.6. The van der Waals surface area contributed by atoms with Crippen LogP contribution in [0.4, 0.5) is 0 Å². The van der Waals surface area contributed by atoms with Gasteiger partial charge in [-0.25, -0.2) is 0 Å². The van der Waals surface area contributed by atoms with Gasteiger partial charge in [-0.05, 0) is 39.0 Å². The molecule has 2 fully saturated rings. The lowest BCUT2D eigenvalue weighted by atomic mass is 9.94. The molecule has 1 N–H and O–H groups in total. The topological polar surface area (TPSA) is 49.4 Å². The van der Waals surface area contributed by atoms with Gasteiger partial charge in [0.25, 0.3) is 0 Å². The Hall–Kier alpha value is -1.32. The first-order chi connectivity index (χ1) is 8.58. The first-order valence-electron chi connectivity index (χ1n) is 6.79. The van der Waals surface area contributed by atoms with Gasteiger partial charge in [0.1, 0.15) is 5.54 Å². The van der Waals surface area contributed by atoms with Crippen LogP contribution in [0.15, 0.2) is 12.2 Å². The lowest BCUT2D eigenvalue weighted by Crippen LogP contribution is -2.56. The molecule has 4 heteroatoms. The monoisotopic (exact) mass is 250 g/mol. The van der Waals surface area contributed by atoms with Gasteiger partial charge in [0.15, 0.2) is 0 Å². The quantitative estimate of drug-likeness (QED) is 0.768. The molecule has 0 aromatic heterocycles. The Labute approximate surface area is 108 Å². The van der Waals surface area contributed by atoms with E-state index in [0.29, 0.717) is 25.4 Å². The minimum atomic E-state index is -0.663. The van der Waals surface area contributed by atoms with Crippen LogP contribution < -0.4 is 5.32 Å². The number of hydrogen-bond acceptors (Lipinski definition) is 2. The summed E-state index contributed by atoms with van der Waals surface area (Å²) in [6.45, 7) is 5.12. The number of allylic oxidation sites excluding steroid dienone is 1. The van der Waals surface area contributed by atoms with Crippen molar-refractivity contribution < 1.29 is 9.59 Å². The van der Waals surface area contributed by atoms with Crippen molar-refractivity contribution in [1.82, 2.24) is 10.2 Å². The highest BCUT2D eigenvalue weighted by atomic mass is 16.2. The van der Waals surface area contributed by atoms with E-state index in [1.807, 2.05) is 24.8 Å². The second kappa shape index (κ2) is 5.12. The highest BCUT2D eigenvalue weighted by molar-refractivity contribution is 5.93. The van der Waals surface area contributed by atoms with Gasteiger partial charge in [0.05, 0.1) is 0 Å². The molecule has 1 aliphatic carbocycles. The van der Waals surface area contributed by atoms with Crippen LogP contribution in [0.5, 0.6) is 0 Å². The van der Waals surface area contributed by atoms with Crippen molar-refractivity contribution in [2.75, 3.05) is 13.1 Å². The summed E-state index contributed by atoms with van der Waals surface area (Å²) >= 11 is 0. The smallest absolute Gasteiger partial charge is 0.248 e. The molecule has 1 aliphatic heterocycles. The Bertz CT molecular complexity index is 374. The van der Waals surface area contributed by atoms with Crippen LogP contribution in [0.25, 0.3) is 0 Å². The van der Waals surface area contributed by atoms with E-state index in [2.05, 4.69) is 11.4 Å². The molecular weight excluding hydrogens is 228 g/mol. The van der Waals surface area contributed by atoms with Gasteiger partial charge < -0.3 is 10.2 Å². The van der Waals surface area contributed by atoms with Crippen molar-refractivity contribution in [1.29, 1.82) is 0 Å². The molecule has 0 spiro atoms. The summed E-state index contributed by atoms with van der Waals surface area (Å²) < 4.78 is 0. The third kappa shape index (κ3) is 2.57. The fourth-order valence-corrected chi connectivity index (χ4v) is 2.62. The standard InChI is InChI=1S/C14H22N2O2/c1-3-4-5-9-16-10-8-12(17)15-14(2,13(16)18)11-6-7-11/h3-4,11H,5-10H2,1-2H3,(H,15,17)/b4-3+. The minimum Gasteiger partial charge on any atom is -0.342 e. The molecule has 4 nitrogen and oxygen atoms in total. The first kappa shape index (κ1) is 13.1. The summed E-state index contributed by atoms with van der Waals surface area (Å²) in [7, 11) is 0. The average molecular weight is 250 g/mol. The van der Waals surface area contributed by atoms with Crippen molar-refractivity contribution in [2.45, 2.75) is 45.1 Å². The Balaban J connectivity index is 2.10. The van der Waals surface area contributed by atoms with Crippen LogP contribution >= 0.6 is 0 Å². The van der Waals surface area contributed by atoms with Gasteiger partial charge >= 0.3 is 0 Å². The molecular formula is C14H22N2O2. The van der Waals surface area contributed by atoms with Crippen molar-refractivity contribution in [3.05, 3.63) is 12.2 Å². The number of carbonyl (C=O) groups excluding carboxylic acids is 2. The Morgan fingerprint density at radius 3 is 2.78 bits per heavy atom. The zero-order valence-electron chi connectivity index (χ0n) is 11.2. The van der Waals surface area contributed by atoms with E-state index >= 15 is 0 Å². The molecule has 2 rings (SSSR count). The van der Waals surface area contributed by atoms with Gasteiger partial charge in [0, 0.05) is 19.5 Å². The molecule has 2 aliphatic rings. The molecule has 1 saturated carbocycles. The normalized spacial score (nSPS) is 29.6. The van der Waals surface area contributed by atoms with E-state index in [9.17, 15) is 9.59 Å². The summed E-state index contributed by atoms with van der Waals surface area (Å²) in [5.41, 5.74) is -0.663. The fourth-order valence-electron chi connectivity index (χ4n) is 2.62. The Morgan fingerprint density at radius 2 is 2.17 bits per heavy atom. The summed E-state index contributed by atoms with van der Waals surface area (Å²) in [6, 6.07) is 0. The van der Waals surface area contributed by atoms with E-state index in [0.717, 1.165) is 19.3 Å². The highest BCUT2D eigenvalue weighted by Crippen LogP contribution is 2.41. The predicted molar refractivity (Wildman–Crippen MR) is 69.9 cm³/mol. The molecule has 1 saturated heterocycles. The maximum absolute atomic E-state index is 12.6. The predicted octanol–water partition coefficient (Wildman–Crippen LogP) is 1.47. The summed E-state index contributed by atoms with van der Waals surface area (Å²) in [6.07, 6.45) is 7.42. The van der Waals surface area contributed by atoms with Gasteiger partial charge in [-0.1, -0.05) is 12.2 Å². The fraction of sp³-hybridized carbons (Fsp3) is 0.714. The van der Waals surface area contributed by atoms with E-state index in [1.54, 1.807) is 0 Å². The van der Waals surface area contributed by atoms with Gasteiger partial charge in [-0.2, -0.15) is 0 Å². The lowest BCUT2D eigenvalue weighted by molar-refractivity contribution is -0.139. The number of nitrogens with one attached hydrogen (secondary N) is 1. The zero-order chi connectivity index (χ0) is 13.2. The Kier molecular flexibility index (Phi) is 3.73. The van der Waals surface area contributed by atoms with E-state index in [-0.39, 0.29) is 11.8 Å². The summed E-state index contributed by atoms with van der Waals surface area (Å²) in [4.78, 5) is 26.2. The van der Waals surface area contributed by atoms with Gasteiger partial charge in [-0.3, -0.25) is 9.59 Å². The SMILES string of the molecule is C/C=C/CCN1CCC(=O)NC(C)(C2CC2)C1=O. The lowest BCUT2D eigenvalue weighted by Gasteiger charge is -2.32. The van der Waals surface area contributed by atoms with Crippen molar-refractivity contribution in [3.63, 3.8) is 0 Å². The molecule has 0 bridgehead atoms. The number of hydrogen-bond donors (Lipinski definition) is 1. The van der Waals surface area contributed by atoms with Crippen LogP contribution in [0, 0.1) is 5.92 Å². The molecule has 18 heavy (non-hydrogen) atoms. The third-order valence-corrected chi connectivity index (χ3v) is 3.93. The minimum absolute atomic E-state index is 0.00582. The second-order valence-corrected chi connectivity index (χ2v) is 5.42. The molecule has 1 heterocycles. The van der Waals surface area contributed by atoms with Crippen LogP contribution in [-0.4, -0.2) is 35.3 Å². The van der Waals surface area contributed by atoms with Crippen molar-refractivity contribution in [3.8, 4) is 0 Å². The molecule has 0 aromatic carbocycles. The van der Waals surface area contributed by atoms with E-state index in [1.165, 1.54) is 0 Å². The molecule has 0 radical (unpaired) electrons. The van der Waals surface area contributed by atoms with Crippen LogP contribution in [-0.2, 0) is 9.59 Å². The maximum Gasteiger partial charge on any atom is 0.248 e. The van der Waals surface area contributed by atoms with Crippen molar-refractivity contribution in [2.24, 2.45) is 5.92 Å². The summed E-state index contributed by atoms with van der Waals surface area (Å²) in [5.74, 6) is 0.433. The number of amides is 2. The highest BCUT2D eigenvalue weighted by Gasteiger charge is 2.50. The Morgan fingerprint density at radius 1 is 1.44 bits per heavy atom. The second-order valence-electron chi connectivity index (χ2n) is 5.42. The van der Waals surface area contributed by atoms with Gasteiger partial charge in [-0.15, -0.1) is 0 Å². The number of carbonyl (C=O) groups is 2. The van der Waals surface area contributed by atoms with E-state index < -0.39 is 5.54 Å². The molecule has 1 unspecified atom stereocenters. The van der Waals surface area contributed by atoms with Crippen molar-refractivity contribution >= 4 is 11.8 Å². The van der Waals surface area contributed by atoms with Gasteiger partial charge in [0.2, 0.25) is 11.8 Å². The largest absolute Gasteiger partial charge is 0.342 e. The molecule has 2 amide bonds. The molecule has 100 valence electrons. The number of rotatable bonds is 4. The molecule has 1 atom stereocenters. The van der Waals surface area contributed by atoms with Crippen LogP contribution in [0.3, 0.4) is 0 Å². The van der Waals surface area contributed by atoms with Crippen LogP contribution in [0.1, 0.15) is 39.5 Å². The third-order valence-electron chi connectivity index (χ3n) is 3.93. The molecule has 0 aromatic rings. The van der Waals surface area contributed by atoms with Crippen LogP contribution in [0.2, 0.25) is 0 Å². The zero-order valence-corrected chi connectivity index (χ0v) is 11.2. The number of nitrogens with zero attached hydrogens (tertiary/aromatic N) is 1.